The Kier molecular flexibility index (Phi) is 3.22. The molecule has 1 aromatic carbocycles. The summed E-state index contributed by atoms with van der Waals surface area (Å²) >= 11 is 5.96. The van der Waals surface area contributed by atoms with Gasteiger partial charge in [-0.25, -0.2) is 0 Å². The molecule has 5 heteroatoms. The molecule has 16 heavy (non-hydrogen) atoms. The maximum atomic E-state index is 11.6. The fraction of sp³-hybridized carbons (Fsp3) is 0.0909. The Morgan fingerprint density at radius 2 is 2.19 bits per heavy atom. The predicted octanol–water partition coefficient (Wildman–Crippen LogP) is 1.99. The lowest BCUT2D eigenvalue weighted by Gasteiger charge is -2.05. The summed E-state index contributed by atoms with van der Waals surface area (Å²) in [7, 11) is 0. The van der Waals surface area contributed by atoms with Gasteiger partial charge in [0.15, 0.2) is 0 Å². The van der Waals surface area contributed by atoms with Crippen LogP contribution >= 0.6 is 11.6 Å². The first-order valence-electron chi connectivity index (χ1n) is 4.78. The summed E-state index contributed by atoms with van der Waals surface area (Å²) in [5, 5.41) is 9.69. The van der Waals surface area contributed by atoms with Crippen LogP contribution in [0.15, 0.2) is 36.5 Å². The molecule has 0 radical (unpaired) electrons. The first kappa shape index (κ1) is 10.7. The molecule has 2 rings (SSSR count). The zero-order chi connectivity index (χ0) is 11.4. The molecule has 0 atom stereocenters. The molecule has 0 aliphatic heterocycles. The molecule has 2 N–H and O–H groups in total. The largest absolute Gasteiger partial charge is 0.347 e. The van der Waals surface area contributed by atoms with Crippen LogP contribution in [0.4, 0.5) is 0 Å². The Bertz CT molecular complexity index is 482. The fourth-order valence-corrected chi connectivity index (χ4v) is 1.50. The lowest BCUT2D eigenvalue weighted by molar-refractivity contribution is 0.0946. The van der Waals surface area contributed by atoms with Gasteiger partial charge in [-0.2, -0.15) is 5.10 Å². The van der Waals surface area contributed by atoms with Crippen LogP contribution in [0, 0.1) is 0 Å². The molecule has 0 spiro atoms. The van der Waals surface area contributed by atoms with Crippen LogP contribution in [0.3, 0.4) is 0 Å². The molecule has 1 aromatic heterocycles. The Balaban J connectivity index is 1.98. The van der Waals surface area contributed by atoms with Crippen LogP contribution in [-0.4, -0.2) is 16.1 Å². The van der Waals surface area contributed by atoms with Gasteiger partial charge in [0, 0.05) is 17.8 Å². The van der Waals surface area contributed by atoms with Crippen molar-refractivity contribution in [2.24, 2.45) is 0 Å². The van der Waals surface area contributed by atoms with Crippen molar-refractivity contribution in [2.75, 3.05) is 0 Å². The van der Waals surface area contributed by atoms with Crippen molar-refractivity contribution in [3.8, 4) is 0 Å². The molecule has 0 bridgehead atoms. The van der Waals surface area contributed by atoms with E-state index >= 15 is 0 Å². The van der Waals surface area contributed by atoms with Gasteiger partial charge < -0.3 is 5.32 Å². The number of halogens is 1. The van der Waals surface area contributed by atoms with Gasteiger partial charge >= 0.3 is 0 Å². The van der Waals surface area contributed by atoms with Crippen molar-refractivity contribution in [1.29, 1.82) is 0 Å². The molecule has 0 saturated heterocycles. The molecule has 0 saturated carbocycles. The number of carbonyl (C=O) groups excluding carboxylic acids is 1. The van der Waals surface area contributed by atoms with Gasteiger partial charge in [0.1, 0.15) is 5.69 Å². The van der Waals surface area contributed by atoms with E-state index in [1.54, 1.807) is 12.1 Å². The van der Waals surface area contributed by atoms with Crippen LogP contribution in [0.25, 0.3) is 0 Å². The number of H-pyrrole nitrogens is 1. The van der Waals surface area contributed by atoms with E-state index in [2.05, 4.69) is 15.5 Å². The molecule has 4 nitrogen and oxygen atoms in total. The highest BCUT2D eigenvalue weighted by Gasteiger charge is 2.06. The summed E-state index contributed by atoms with van der Waals surface area (Å²) < 4.78 is 0. The SMILES string of the molecule is O=C(NCc1ccccc1Cl)c1ccn[nH]1. The van der Waals surface area contributed by atoms with E-state index in [4.69, 9.17) is 11.6 Å². The van der Waals surface area contributed by atoms with E-state index in [-0.39, 0.29) is 5.91 Å². The van der Waals surface area contributed by atoms with Crippen molar-refractivity contribution >= 4 is 17.5 Å². The molecule has 1 amide bonds. The minimum atomic E-state index is -0.197. The van der Waals surface area contributed by atoms with E-state index in [0.29, 0.717) is 17.3 Å². The number of amides is 1. The monoisotopic (exact) mass is 235 g/mol. The Morgan fingerprint density at radius 3 is 2.88 bits per heavy atom. The maximum absolute atomic E-state index is 11.6. The molecular weight excluding hydrogens is 226 g/mol. The van der Waals surface area contributed by atoms with E-state index < -0.39 is 0 Å². The van der Waals surface area contributed by atoms with E-state index in [1.165, 1.54) is 6.20 Å². The topological polar surface area (TPSA) is 57.8 Å². The van der Waals surface area contributed by atoms with Crippen molar-refractivity contribution < 1.29 is 4.79 Å². The number of benzene rings is 1. The number of carbonyl (C=O) groups is 1. The third-order valence-electron chi connectivity index (χ3n) is 2.14. The highest BCUT2D eigenvalue weighted by atomic mass is 35.5. The summed E-state index contributed by atoms with van der Waals surface area (Å²) in [4.78, 5) is 11.6. The summed E-state index contributed by atoms with van der Waals surface area (Å²) in [5.41, 5.74) is 1.32. The molecule has 82 valence electrons. The van der Waals surface area contributed by atoms with E-state index in [9.17, 15) is 4.79 Å². The van der Waals surface area contributed by atoms with Gasteiger partial charge in [0.05, 0.1) is 0 Å². The lowest BCUT2D eigenvalue weighted by Crippen LogP contribution is -2.23. The van der Waals surface area contributed by atoms with Crippen LogP contribution < -0.4 is 5.32 Å². The Morgan fingerprint density at radius 1 is 1.38 bits per heavy atom. The first-order valence-corrected chi connectivity index (χ1v) is 5.16. The summed E-state index contributed by atoms with van der Waals surface area (Å²) in [6, 6.07) is 9.00. The van der Waals surface area contributed by atoms with E-state index in [0.717, 1.165) is 5.56 Å². The molecule has 0 aliphatic rings. The number of hydrogen-bond acceptors (Lipinski definition) is 2. The number of aromatic amines is 1. The second-order valence-corrected chi connectivity index (χ2v) is 3.65. The van der Waals surface area contributed by atoms with E-state index in [1.807, 2.05) is 18.2 Å². The Hall–Kier alpha value is -1.81. The normalized spacial score (nSPS) is 10.1. The van der Waals surface area contributed by atoms with Crippen molar-refractivity contribution in [3.05, 3.63) is 52.8 Å². The van der Waals surface area contributed by atoms with Gasteiger partial charge in [-0.3, -0.25) is 9.89 Å². The number of hydrogen-bond donors (Lipinski definition) is 2. The molecular formula is C11H10ClN3O. The summed E-state index contributed by atoms with van der Waals surface area (Å²) in [5.74, 6) is -0.197. The second kappa shape index (κ2) is 4.81. The van der Waals surface area contributed by atoms with Crippen LogP contribution in [0.1, 0.15) is 16.1 Å². The lowest BCUT2D eigenvalue weighted by atomic mass is 10.2. The standard InChI is InChI=1S/C11H10ClN3O/c12-9-4-2-1-3-8(9)7-13-11(16)10-5-6-14-15-10/h1-6H,7H2,(H,13,16)(H,14,15). The number of nitrogens with one attached hydrogen (secondary N) is 2. The predicted molar refractivity (Wildman–Crippen MR) is 61.2 cm³/mol. The fourth-order valence-electron chi connectivity index (χ4n) is 1.29. The second-order valence-electron chi connectivity index (χ2n) is 3.24. The zero-order valence-corrected chi connectivity index (χ0v) is 9.16. The number of aromatic nitrogens is 2. The average molecular weight is 236 g/mol. The minimum absolute atomic E-state index is 0.197. The van der Waals surface area contributed by atoms with Gasteiger partial charge in [-0.1, -0.05) is 29.8 Å². The quantitative estimate of drug-likeness (QED) is 0.855. The van der Waals surface area contributed by atoms with Gasteiger partial charge in [-0.15, -0.1) is 0 Å². The Labute approximate surface area is 97.6 Å². The van der Waals surface area contributed by atoms with Crippen LogP contribution in [-0.2, 0) is 6.54 Å². The van der Waals surface area contributed by atoms with Crippen LogP contribution in [0.2, 0.25) is 5.02 Å². The highest BCUT2D eigenvalue weighted by Crippen LogP contribution is 2.14. The van der Waals surface area contributed by atoms with Crippen LogP contribution in [0.5, 0.6) is 0 Å². The maximum Gasteiger partial charge on any atom is 0.269 e. The number of rotatable bonds is 3. The molecule has 0 unspecified atom stereocenters. The summed E-state index contributed by atoms with van der Waals surface area (Å²) in [6.07, 6.45) is 1.53. The average Bonchev–Trinajstić information content (AvgIpc) is 2.81. The molecule has 0 fully saturated rings. The first-order chi connectivity index (χ1) is 7.77. The number of nitrogens with zero attached hydrogens (tertiary/aromatic N) is 1. The molecule has 2 aromatic rings. The molecule has 0 aliphatic carbocycles. The van der Waals surface area contributed by atoms with Crippen molar-refractivity contribution in [1.82, 2.24) is 15.5 Å². The van der Waals surface area contributed by atoms with Gasteiger partial charge in [0.2, 0.25) is 0 Å². The minimum Gasteiger partial charge on any atom is -0.347 e. The smallest absolute Gasteiger partial charge is 0.269 e. The van der Waals surface area contributed by atoms with Crippen molar-refractivity contribution in [2.45, 2.75) is 6.54 Å². The third kappa shape index (κ3) is 2.41. The van der Waals surface area contributed by atoms with Gasteiger partial charge in [-0.05, 0) is 17.7 Å². The zero-order valence-electron chi connectivity index (χ0n) is 8.40. The third-order valence-corrected chi connectivity index (χ3v) is 2.51. The summed E-state index contributed by atoms with van der Waals surface area (Å²) in [6.45, 7) is 0.400. The van der Waals surface area contributed by atoms with Gasteiger partial charge in [0.25, 0.3) is 5.91 Å². The highest BCUT2D eigenvalue weighted by molar-refractivity contribution is 6.31. The molecule has 1 heterocycles. The van der Waals surface area contributed by atoms with Crippen molar-refractivity contribution in [3.63, 3.8) is 0 Å².